The third-order valence-electron chi connectivity index (χ3n) is 5.04. The summed E-state index contributed by atoms with van der Waals surface area (Å²) in [7, 11) is 0. The first-order chi connectivity index (χ1) is 14.7. The lowest BCUT2D eigenvalue weighted by molar-refractivity contribution is 0.649. The quantitative estimate of drug-likeness (QED) is 0.470. The van der Waals surface area contributed by atoms with E-state index in [1.165, 1.54) is 0 Å². The molecule has 2 N–H and O–H groups in total. The Morgan fingerprint density at radius 1 is 1.30 bits per heavy atom. The molecule has 7 nitrogen and oxygen atoms in total. The van der Waals surface area contributed by atoms with Crippen LogP contribution in [-0.4, -0.2) is 46.2 Å². The van der Waals surface area contributed by atoms with Crippen LogP contribution in [-0.2, 0) is 6.54 Å². The summed E-state index contributed by atoms with van der Waals surface area (Å²) in [6.45, 7) is 5.38. The van der Waals surface area contributed by atoms with E-state index in [9.17, 15) is 0 Å². The van der Waals surface area contributed by atoms with Gasteiger partial charge in [0.15, 0.2) is 5.96 Å². The molecule has 1 saturated heterocycles. The smallest absolute Gasteiger partial charge is 0.191 e. The van der Waals surface area contributed by atoms with Gasteiger partial charge in [-0.1, -0.05) is 23.7 Å². The van der Waals surface area contributed by atoms with Gasteiger partial charge in [-0.2, -0.15) is 0 Å². The van der Waals surface area contributed by atoms with Crippen LogP contribution >= 0.6 is 11.6 Å². The molecule has 3 heterocycles. The zero-order chi connectivity index (χ0) is 20.8. The van der Waals surface area contributed by atoms with E-state index in [1.807, 2.05) is 47.3 Å². The van der Waals surface area contributed by atoms with E-state index >= 15 is 0 Å². The van der Waals surface area contributed by atoms with E-state index in [2.05, 4.69) is 38.5 Å². The van der Waals surface area contributed by atoms with Crippen LogP contribution in [0.5, 0.6) is 0 Å². The summed E-state index contributed by atoms with van der Waals surface area (Å²) in [6, 6.07) is 12.4. The molecule has 0 radical (unpaired) electrons. The predicted octanol–water partition coefficient (Wildman–Crippen LogP) is 3.25. The highest BCUT2D eigenvalue weighted by Gasteiger charge is 2.23. The number of benzene rings is 1. The Kier molecular flexibility index (Phi) is 6.49. The molecule has 2 aromatic heterocycles. The number of guanidine groups is 1. The van der Waals surface area contributed by atoms with Gasteiger partial charge in [0.05, 0.1) is 6.54 Å². The Balaban J connectivity index is 1.36. The van der Waals surface area contributed by atoms with Crippen molar-refractivity contribution < 1.29 is 0 Å². The van der Waals surface area contributed by atoms with Gasteiger partial charge in [-0.3, -0.25) is 4.57 Å². The monoisotopic (exact) mass is 423 g/mol. The third-order valence-corrected chi connectivity index (χ3v) is 5.28. The molecule has 0 aliphatic carbocycles. The summed E-state index contributed by atoms with van der Waals surface area (Å²) in [6.07, 6.45) is 8.27. The Hall–Kier alpha value is -3.06. The Morgan fingerprint density at radius 3 is 2.97 bits per heavy atom. The summed E-state index contributed by atoms with van der Waals surface area (Å²) in [5, 5.41) is 7.68. The molecule has 8 heteroatoms. The van der Waals surface area contributed by atoms with E-state index in [1.54, 1.807) is 12.5 Å². The lowest BCUT2D eigenvalue weighted by atomic mass is 10.2. The maximum Gasteiger partial charge on any atom is 0.191 e. The van der Waals surface area contributed by atoms with Gasteiger partial charge >= 0.3 is 0 Å². The molecule has 0 spiro atoms. The summed E-state index contributed by atoms with van der Waals surface area (Å²) in [5.41, 5.74) is 2.22. The minimum atomic E-state index is 0.337. The molecular weight excluding hydrogens is 398 g/mol. The highest BCUT2D eigenvalue weighted by molar-refractivity contribution is 6.30. The summed E-state index contributed by atoms with van der Waals surface area (Å²) in [4.78, 5) is 15.6. The Morgan fingerprint density at radius 2 is 2.23 bits per heavy atom. The number of anilines is 1. The lowest BCUT2D eigenvalue weighted by Gasteiger charge is -2.20. The second-order valence-corrected chi connectivity index (χ2v) is 7.68. The van der Waals surface area contributed by atoms with Crippen LogP contribution in [0, 0.1) is 0 Å². The summed E-state index contributed by atoms with van der Waals surface area (Å²) >= 11 is 6.14. The van der Waals surface area contributed by atoms with Crippen LogP contribution < -0.4 is 15.5 Å². The fraction of sp³-hybridized carbons (Fsp3) is 0.318. The first-order valence-corrected chi connectivity index (χ1v) is 10.6. The van der Waals surface area contributed by atoms with Crippen LogP contribution in [0.2, 0.25) is 5.02 Å². The maximum absolute atomic E-state index is 6.14. The number of hydrogen-bond donors (Lipinski definition) is 2. The molecule has 1 aliphatic heterocycles. The van der Waals surface area contributed by atoms with E-state index in [0.717, 1.165) is 54.1 Å². The maximum atomic E-state index is 6.14. The number of aromatic nitrogens is 3. The van der Waals surface area contributed by atoms with Crippen molar-refractivity contribution >= 4 is 23.2 Å². The molecule has 0 amide bonds. The number of halogens is 1. The van der Waals surface area contributed by atoms with Crippen molar-refractivity contribution in [3.8, 4) is 5.82 Å². The van der Waals surface area contributed by atoms with Crippen molar-refractivity contribution in [2.75, 3.05) is 24.5 Å². The highest BCUT2D eigenvalue weighted by atomic mass is 35.5. The molecular formula is C22H26ClN7. The van der Waals surface area contributed by atoms with Crippen molar-refractivity contribution in [3.05, 3.63) is 71.9 Å². The number of nitrogens with one attached hydrogen (secondary N) is 2. The molecule has 3 aromatic rings. The number of aliphatic imine (C=N–C) groups is 1. The normalized spacial score (nSPS) is 16.7. The Labute approximate surface area is 181 Å². The van der Waals surface area contributed by atoms with Gasteiger partial charge in [0, 0.05) is 55.0 Å². The van der Waals surface area contributed by atoms with Crippen molar-refractivity contribution in [2.24, 2.45) is 4.99 Å². The SMILES string of the molecule is CCNC(=NCc1ccc(-n2ccnc2)nc1)NC1CCN(c2cccc(Cl)c2)C1. The van der Waals surface area contributed by atoms with Crippen molar-refractivity contribution in [2.45, 2.75) is 25.9 Å². The fourth-order valence-electron chi connectivity index (χ4n) is 3.53. The number of pyridine rings is 1. The number of rotatable bonds is 6. The second-order valence-electron chi connectivity index (χ2n) is 7.25. The molecule has 4 rings (SSSR count). The predicted molar refractivity (Wildman–Crippen MR) is 121 cm³/mol. The van der Waals surface area contributed by atoms with Gasteiger partial charge in [0.25, 0.3) is 0 Å². The van der Waals surface area contributed by atoms with E-state index in [-0.39, 0.29) is 0 Å². The molecule has 1 unspecified atom stereocenters. The lowest BCUT2D eigenvalue weighted by Crippen LogP contribution is -2.44. The molecule has 1 aliphatic rings. The zero-order valence-electron chi connectivity index (χ0n) is 17.0. The van der Waals surface area contributed by atoms with Gasteiger partial charge in [0.1, 0.15) is 12.1 Å². The average molecular weight is 424 g/mol. The van der Waals surface area contributed by atoms with Crippen LogP contribution in [0.3, 0.4) is 0 Å². The highest BCUT2D eigenvalue weighted by Crippen LogP contribution is 2.23. The van der Waals surface area contributed by atoms with Crippen molar-refractivity contribution in [3.63, 3.8) is 0 Å². The summed E-state index contributed by atoms with van der Waals surface area (Å²) in [5.74, 6) is 1.67. The zero-order valence-corrected chi connectivity index (χ0v) is 17.8. The van der Waals surface area contributed by atoms with Crippen LogP contribution in [0.4, 0.5) is 5.69 Å². The molecule has 1 atom stereocenters. The van der Waals surface area contributed by atoms with Crippen molar-refractivity contribution in [1.82, 2.24) is 25.2 Å². The number of nitrogens with zero attached hydrogens (tertiary/aromatic N) is 5. The molecule has 1 aromatic carbocycles. The molecule has 0 bridgehead atoms. The second kappa shape index (κ2) is 9.63. The fourth-order valence-corrected chi connectivity index (χ4v) is 3.71. The van der Waals surface area contributed by atoms with Gasteiger partial charge in [-0.25, -0.2) is 15.0 Å². The van der Waals surface area contributed by atoms with E-state index < -0.39 is 0 Å². The molecule has 30 heavy (non-hydrogen) atoms. The molecule has 156 valence electrons. The number of hydrogen-bond acceptors (Lipinski definition) is 4. The van der Waals surface area contributed by atoms with E-state index in [0.29, 0.717) is 12.6 Å². The molecule has 1 fully saturated rings. The van der Waals surface area contributed by atoms with Crippen LogP contribution in [0.25, 0.3) is 5.82 Å². The Bertz CT molecular complexity index is 969. The topological polar surface area (TPSA) is 70.4 Å². The van der Waals surface area contributed by atoms with Gasteiger partial charge in [-0.15, -0.1) is 0 Å². The standard InChI is InChI=1S/C22H26ClN7/c1-2-25-22(27-14-17-6-7-21(26-13-17)30-11-9-24-16-30)28-19-8-10-29(15-19)20-5-3-4-18(23)12-20/h3-7,9,11-13,16,19H,2,8,10,14-15H2,1H3,(H2,25,27,28). The van der Waals surface area contributed by atoms with Crippen LogP contribution in [0.1, 0.15) is 18.9 Å². The first-order valence-electron chi connectivity index (χ1n) is 10.2. The first kappa shape index (κ1) is 20.2. The van der Waals surface area contributed by atoms with Gasteiger partial charge in [-0.05, 0) is 43.2 Å². The molecule has 0 saturated carbocycles. The minimum Gasteiger partial charge on any atom is -0.369 e. The van der Waals surface area contributed by atoms with Crippen molar-refractivity contribution in [1.29, 1.82) is 0 Å². The largest absolute Gasteiger partial charge is 0.369 e. The number of imidazole rings is 1. The minimum absolute atomic E-state index is 0.337. The van der Waals surface area contributed by atoms with Gasteiger partial charge < -0.3 is 15.5 Å². The van der Waals surface area contributed by atoms with Crippen LogP contribution in [0.15, 0.2) is 66.3 Å². The average Bonchev–Trinajstić information content (AvgIpc) is 3.45. The third kappa shape index (κ3) is 5.10. The summed E-state index contributed by atoms with van der Waals surface area (Å²) < 4.78 is 1.88. The van der Waals surface area contributed by atoms with Gasteiger partial charge in [0.2, 0.25) is 0 Å². The van der Waals surface area contributed by atoms with E-state index in [4.69, 9.17) is 16.6 Å².